The second kappa shape index (κ2) is 7.48. The molecule has 5 nitrogen and oxygen atoms in total. The van der Waals surface area contributed by atoms with Crippen LogP contribution >= 0.6 is 11.6 Å². The second-order valence-corrected chi connectivity index (χ2v) is 7.38. The summed E-state index contributed by atoms with van der Waals surface area (Å²) in [5.74, 6) is 1.94. The highest BCUT2D eigenvalue weighted by Gasteiger charge is 2.44. The molecular weight excluding hydrogens is 336 g/mol. The fourth-order valence-electron chi connectivity index (χ4n) is 2.85. The van der Waals surface area contributed by atoms with Gasteiger partial charge in [-0.3, -0.25) is 4.99 Å². The van der Waals surface area contributed by atoms with Crippen LogP contribution in [0.2, 0.25) is 5.02 Å². The predicted molar refractivity (Wildman–Crippen MR) is 101 cm³/mol. The van der Waals surface area contributed by atoms with Crippen LogP contribution in [0.1, 0.15) is 49.6 Å². The Morgan fingerprint density at radius 1 is 1.28 bits per heavy atom. The van der Waals surface area contributed by atoms with E-state index >= 15 is 0 Å². The van der Waals surface area contributed by atoms with Crippen molar-refractivity contribution in [3.05, 3.63) is 52.4 Å². The molecule has 1 aliphatic rings. The lowest BCUT2D eigenvalue weighted by Crippen LogP contribution is -2.40. The molecule has 3 rings (SSSR count). The first-order valence-corrected chi connectivity index (χ1v) is 9.06. The summed E-state index contributed by atoms with van der Waals surface area (Å²) in [5, 5.41) is 11.6. The maximum atomic E-state index is 5.99. The van der Waals surface area contributed by atoms with Crippen LogP contribution in [-0.2, 0) is 12.0 Å². The zero-order valence-corrected chi connectivity index (χ0v) is 15.7. The van der Waals surface area contributed by atoms with E-state index < -0.39 is 0 Å². The number of aliphatic imine (C=N–C) groups is 1. The molecule has 0 radical (unpaired) electrons. The minimum atomic E-state index is 0.194. The van der Waals surface area contributed by atoms with Gasteiger partial charge >= 0.3 is 0 Å². The van der Waals surface area contributed by atoms with Crippen LogP contribution in [-0.4, -0.2) is 24.7 Å². The smallest absolute Gasteiger partial charge is 0.191 e. The quantitative estimate of drug-likeness (QED) is 0.606. The molecule has 1 fully saturated rings. The molecule has 6 heteroatoms. The molecular formula is C19H25ClN4O. The molecule has 1 aliphatic carbocycles. The Labute approximate surface area is 153 Å². The van der Waals surface area contributed by atoms with Gasteiger partial charge in [0.2, 0.25) is 0 Å². The van der Waals surface area contributed by atoms with E-state index in [0.717, 1.165) is 29.0 Å². The van der Waals surface area contributed by atoms with Crippen molar-refractivity contribution in [2.75, 3.05) is 13.6 Å². The van der Waals surface area contributed by atoms with Gasteiger partial charge in [-0.15, -0.1) is 0 Å². The standard InChI is InChI=1S/C19H25ClN4O/c1-13(2)17-10-16(25-24-17)11-22-18(21-3)23-12-19(8-9-19)14-4-6-15(20)7-5-14/h4-7,10,13H,8-9,11-12H2,1-3H3,(H2,21,22,23). The molecule has 25 heavy (non-hydrogen) atoms. The van der Waals surface area contributed by atoms with Gasteiger partial charge in [-0.05, 0) is 36.5 Å². The molecule has 0 amide bonds. The number of hydrogen-bond donors (Lipinski definition) is 2. The van der Waals surface area contributed by atoms with Gasteiger partial charge < -0.3 is 15.2 Å². The van der Waals surface area contributed by atoms with Gasteiger partial charge in [0, 0.05) is 30.1 Å². The summed E-state index contributed by atoms with van der Waals surface area (Å²) >= 11 is 5.99. The van der Waals surface area contributed by atoms with E-state index in [1.54, 1.807) is 7.05 Å². The number of hydrogen-bond acceptors (Lipinski definition) is 3. The van der Waals surface area contributed by atoms with E-state index in [4.69, 9.17) is 16.1 Å². The molecule has 1 aromatic carbocycles. The highest BCUT2D eigenvalue weighted by molar-refractivity contribution is 6.30. The molecule has 0 bridgehead atoms. The molecule has 2 N–H and O–H groups in total. The number of guanidine groups is 1. The van der Waals surface area contributed by atoms with E-state index in [0.29, 0.717) is 12.5 Å². The van der Waals surface area contributed by atoms with E-state index in [9.17, 15) is 0 Å². The van der Waals surface area contributed by atoms with Crippen molar-refractivity contribution < 1.29 is 4.52 Å². The molecule has 0 atom stereocenters. The summed E-state index contributed by atoms with van der Waals surface area (Å²) in [4.78, 5) is 4.29. The lowest BCUT2D eigenvalue weighted by Gasteiger charge is -2.19. The first kappa shape index (κ1) is 17.8. The molecule has 0 unspecified atom stereocenters. The molecule has 1 aromatic heterocycles. The third-order valence-corrected chi connectivity index (χ3v) is 4.98. The van der Waals surface area contributed by atoms with Crippen LogP contribution in [0.25, 0.3) is 0 Å². The maximum absolute atomic E-state index is 5.99. The predicted octanol–water partition coefficient (Wildman–Crippen LogP) is 3.85. The Morgan fingerprint density at radius 2 is 2.00 bits per heavy atom. The molecule has 0 saturated heterocycles. The van der Waals surface area contributed by atoms with Crippen LogP contribution in [0.3, 0.4) is 0 Å². The highest BCUT2D eigenvalue weighted by Crippen LogP contribution is 2.47. The summed E-state index contributed by atoms with van der Waals surface area (Å²) in [6.07, 6.45) is 2.36. The summed E-state index contributed by atoms with van der Waals surface area (Å²) in [6.45, 7) is 5.61. The number of aromatic nitrogens is 1. The average Bonchev–Trinajstić information content (AvgIpc) is 3.24. The fraction of sp³-hybridized carbons (Fsp3) is 0.474. The van der Waals surface area contributed by atoms with Crippen molar-refractivity contribution in [3.63, 3.8) is 0 Å². The molecule has 1 heterocycles. The van der Waals surface area contributed by atoms with E-state index in [1.165, 1.54) is 18.4 Å². The van der Waals surface area contributed by atoms with Gasteiger partial charge in [-0.1, -0.05) is 42.7 Å². The topological polar surface area (TPSA) is 62.5 Å². The van der Waals surface area contributed by atoms with Crippen LogP contribution in [0.5, 0.6) is 0 Å². The Kier molecular flexibility index (Phi) is 5.33. The molecule has 2 aromatic rings. The number of rotatable bonds is 6. The molecule has 134 valence electrons. The van der Waals surface area contributed by atoms with Gasteiger partial charge in [0.05, 0.1) is 12.2 Å². The first-order valence-electron chi connectivity index (χ1n) is 8.68. The van der Waals surface area contributed by atoms with E-state index in [-0.39, 0.29) is 5.41 Å². The SMILES string of the molecule is CN=C(NCc1cc(C(C)C)no1)NCC1(c2ccc(Cl)cc2)CC1. The van der Waals surface area contributed by atoms with Crippen molar-refractivity contribution >= 4 is 17.6 Å². The lowest BCUT2D eigenvalue weighted by molar-refractivity contribution is 0.372. The third-order valence-electron chi connectivity index (χ3n) is 4.73. The Morgan fingerprint density at radius 3 is 2.56 bits per heavy atom. The highest BCUT2D eigenvalue weighted by atomic mass is 35.5. The number of halogens is 1. The minimum absolute atomic E-state index is 0.194. The van der Waals surface area contributed by atoms with Crippen molar-refractivity contribution in [2.45, 2.75) is 44.6 Å². The van der Waals surface area contributed by atoms with Crippen LogP contribution < -0.4 is 10.6 Å². The van der Waals surface area contributed by atoms with Crippen molar-refractivity contribution in [3.8, 4) is 0 Å². The van der Waals surface area contributed by atoms with Crippen LogP contribution in [0, 0.1) is 0 Å². The summed E-state index contributed by atoms with van der Waals surface area (Å²) in [7, 11) is 1.77. The number of benzene rings is 1. The van der Waals surface area contributed by atoms with E-state index in [1.807, 2.05) is 18.2 Å². The zero-order chi connectivity index (χ0) is 17.9. The number of nitrogens with one attached hydrogen (secondary N) is 2. The van der Waals surface area contributed by atoms with E-state index in [2.05, 4.69) is 46.8 Å². The third kappa shape index (κ3) is 4.34. The molecule has 0 aliphatic heterocycles. The zero-order valence-electron chi connectivity index (χ0n) is 15.0. The molecule has 0 spiro atoms. The maximum Gasteiger partial charge on any atom is 0.191 e. The Hall–Kier alpha value is -2.01. The molecule has 1 saturated carbocycles. The van der Waals surface area contributed by atoms with Gasteiger partial charge in [0.25, 0.3) is 0 Å². The minimum Gasteiger partial charge on any atom is -0.359 e. The number of nitrogens with zero attached hydrogens (tertiary/aromatic N) is 2. The van der Waals surface area contributed by atoms with Crippen LogP contribution in [0.15, 0.2) is 39.8 Å². The fourth-order valence-corrected chi connectivity index (χ4v) is 2.98. The Bertz CT molecular complexity index is 732. The van der Waals surface area contributed by atoms with Crippen molar-refractivity contribution in [2.24, 2.45) is 4.99 Å². The van der Waals surface area contributed by atoms with Crippen molar-refractivity contribution in [1.82, 2.24) is 15.8 Å². The summed E-state index contributed by atoms with van der Waals surface area (Å²) in [6, 6.07) is 10.1. The second-order valence-electron chi connectivity index (χ2n) is 6.94. The summed E-state index contributed by atoms with van der Waals surface area (Å²) in [5.41, 5.74) is 2.50. The van der Waals surface area contributed by atoms with Gasteiger partial charge in [-0.2, -0.15) is 0 Å². The largest absolute Gasteiger partial charge is 0.359 e. The normalized spacial score (nSPS) is 16.1. The monoisotopic (exact) mass is 360 g/mol. The Balaban J connectivity index is 1.53. The van der Waals surface area contributed by atoms with Gasteiger partial charge in [0.1, 0.15) is 0 Å². The van der Waals surface area contributed by atoms with Gasteiger partial charge in [0.15, 0.2) is 11.7 Å². The van der Waals surface area contributed by atoms with Crippen LogP contribution in [0.4, 0.5) is 0 Å². The lowest BCUT2D eigenvalue weighted by atomic mass is 9.96. The van der Waals surface area contributed by atoms with Gasteiger partial charge in [-0.25, -0.2) is 0 Å². The first-order chi connectivity index (χ1) is 12.0. The summed E-state index contributed by atoms with van der Waals surface area (Å²) < 4.78 is 5.35. The van der Waals surface area contributed by atoms with Crippen molar-refractivity contribution in [1.29, 1.82) is 0 Å². The average molecular weight is 361 g/mol.